The van der Waals surface area contributed by atoms with Crippen LogP contribution in [0.15, 0.2) is 5.16 Å². The average Bonchev–Trinajstić information content (AvgIpc) is 1.97. The fourth-order valence-corrected chi connectivity index (χ4v) is 0.915. The summed E-state index contributed by atoms with van der Waals surface area (Å²) in [5, 5.41) is 3.98. The second-order valence-electron chi connectivity index (χ2n) is 3.02. The number of hydrogen-bond acceptors (Lipinski definition) is 2. The van der Waals surface area contributed by atoms with E-state index in [1.807, 2.05) is 0 Å². The molecule has 0 spiro atoms. The van der Waals surface area contributed by atoms with E-state index in [2.05, 4.69) is 25.9 Å². The van der Waals surface area contributed by atoms with Crippen molar-refractivity contribution in [2.45, 2.75) is 40.0 Å². The summed E-state index contributed by atoms with van der Waals surface area (Å²) in [6.45, 7) is 6.48. The van der Waals surface area contributed by atoms with Crippen molar-refractivity contribution in [2.24, 2.45) is 11.1 Å². The van der Waals surface area contributed by atoms with Gasteiger partial charge in [-0.25, -0.2) is 0 Å². The number of nitrogens with zero attached hydrogens (tertiary/aromatic N) is 1. The van der Waals surface area contributed by atoms with Crippen LogP contribution in [0.25, 0.3) is 0 Å². The standard InChI is InChI=1S/C9H19NO/c1-5-6-7-9(8(2)3)10-11-4/h8H,5-7H2,1-4H3/b10-9-. The van der Waals surface area contributed by atoms with Gasteiger partial charge >= 0.3 is 0 Å². The van der Waals surface area contributed by atoms with Crippen molar-refractivity contribution in [1.29, 1.82) is 0 Å². The molecule has 0 atom stereocenters. The lowest BCUT2D eigenvalue weighted by Crippen LogP contribution is -2.07. The topological polar surface area (TPSA) is 21.6 Å². The molecule has 2 nitrogen and oxygen atoms in total. The monoisotopic (exact) mass is 157 g/mol. The van der Waals surface area contributed by atoms with Crippen molar-refractivity contribution in [3.8, 4) is 0 Å². The molecule has 2 heteroatoms. The fourth-order valence-electron chi connectivity index (χ4n) is 0.915. The second kappa shape index (κ2) is 6.20. The van der Waals surface area contributed by atoms with Crippen LogP contribution >= 0.6 is 0 Å². The molecule has 0 aliphatic rings. The van der Waals surface area contributed by atoms with Gasteiger partial charge in [-0.3, -0.25) is 0 Å². The molecule has 0 aromatic heterocycles. The van der Waals surface area contributed by atoms with Crippen LogP contribution in [-0.4, -0.2) is 12.8 Å². The van der Waals surface area contributed by atoms with Crippen LogP contribution in [0.1, 0.15) is 40.0 Å². The number of hydrogen-bond donors (Lipinski definition) is 0. The van der Waals surface area contributed by atoms with Gasteiger partial charge in [0.2, 0.25) is 0 Å². The predicted octanol–water partition coefficient (Wildman–Crippen LogP) is 2.84. The van der Waals surface area contributed by atoms with Crippen LogP contribution < -0.4 is 0 Å². The third-order valence-corrected chi connectivity index (χ3v) is 1.66. The predicted molar refractivity (Wildman–Crippen MR) is 48.8 cm³/mol. The Morgan fingerprint density at radius 3 is 2.45 bits per heavy atom. The highest BCUT2D eigenvalue weighted by Gasteiger charge is 2.04. The van der Waals surface area contributed by atoms with Crippen molar-refractivity contribution >= 4 is 5.71 Å². The largest absolute Gasteiger partial charge is 0.399 e. The van der Waals surface area contributed by atoms with E-state index in [1.54, 1.807) is 7.11 Å². The molecule has 0 saturated carbocycles. The van der Waals surface area contributed by atoms with Gasteiger partial charge in [0.05, 0.1) is 5.71 Å². The van der Waals surface area contributed by atoms with E-state index in [1.165, 1.54) is 18.6 Å². The summed E-state index contributed by atoms with van der Waals surface area (Å²) in [5.74, 6) is 0.515. The molecule has 0 fully saturated rings. The first-order valence-corrected chi connectivity index (χ1v) is 4.32. The van der Waals surface area contributed by atoms with E-state index in [9.17, 15) is 0 Å². The first kappa shape index (κ1) is 10.5. The maximum atomic E-state index is 4.75. The van der Waals surface area contributed by atoms with Gasteiger partial charge in [-0.1, -0.05) is 32.3 Å². The SMILES string of the molecule is CCCC/C(=N/OC)C(C)C. The second-order valence-corrected chi connectivity index (χ2v) is 3.02. The van der Waals surface area contributed by atoms with Crippen LogP contribution in [-0.2, 0) is 4.84 Å². The van der Waals surface area contributed by atoms with E-state index in [-0.39, 0.29) is 0 Å². The zero-order chi connectivity index (χ0) is 8.69. The lowest BCUT2D eigenvalue weighted by molar-refractivity contribution is 0.210. The average molecular weight is 157 g/mol. The summed E-state index contributed by atoms with van der Waals surface area (Å²) in [7, 11) is 1.61. The van der Waals surface area contributed by atoms with Crippen molar-refractivity contribution < 1.29 is 4.84 Å². The molecule has 0 aliphatic heterocycles. The van der Waals surface area contributed by atoms with Gasteiger partial charge in [0.25, 0.3) is 0 Å². The van der Waals surface area contributed by atoms with Gasteiger partial charge in [-0.05, 0) is 18.8 Å². The lowest BCUT2D eigenvalue weighted by Gasteiger charge is -2.07. The highest BCUT2D eigenvalue weighted by atomic mass is 16.6. The van der Waals surface area contributed by atoms with E-state index >= 15 is 0 Å². The summed E-state index contributed by atoms with van der Waals surface area (Å²) in [4.78, 5) is 4.75. The molecule has 0 N–H and O–H groups in total. The highest BCUT2D eigenvalue weighted by molar-refractivity contribution is 5.85. The molecular weight excluding hydrogens is 138 g/mol. The molecule has 0 aromatic rings. The number of unbranched alkanes of at least 4 members (excludes halogenated alkanes) is 1. The fraction of sp³-hybridized carbons (Fsp3) is 0.889. The summed E-state index contributed by atoms with van der Waals surface area (Å²) in [6, 6.07) is 0. The number of rotatable bonds is 5. The quantitative estimate of drug-likeness (QED) is 0.444. The Kier molecular flexibility index (Phi) is 5.90. The minimum atomic E-state index is 0.515. The lowest BCUT2D eigenvalue weighted by atomic mass is 10.0. The summed E-state index contributed by atoms with van der Waals surface area (Å²) >= 11 is 0. The molecule has 0 heterocycles. The normalized spacial score (nSPS) is 12.3. The Labute approximate surface area is 69.6 Å². The summed E-state index contributed by atoms with van der Waals surface area (Å²) < 4.78 is 0. The smallest absolute Gasteiger partial charge is 0.106 e. The Bertz CT molecular complexity index is 119. The van der Waals surface area contributed by atoms with Gasteiger partial charge < -0.3 is 4.84 Å². The molecular formula is C9H19NO. The zero-order valence-electron chi connectivity index (χ0n) is 8.05. The van der Waals surface area contributed by atoms with Crippen molar-refractivity contribution in [3.63, 3.8) is 0 Å². The molecule has 11 heavy (non-hydrogen) atoms. The zero-order valence-corrected chi connectivity index (χ0v) is 8.05. The van der Waals surface area contributed by atoms with Crippen LogP contribution in [0, 0.1) is 5.92 Å². The van der Waals surface area contributed by atoms with Crippen molar-refractivity contribution in [3.05, 3.63) is 0 Å². The van der Waals surface area contributed by atoms with E-state index in [0.717, 1.165) is 6.42 Å². The van der Waals surface area contributed by atoms with E-state index in [4.69, 9.17) is 4.84 Å². The van der Waals surface area contributed by atoms with Crippen LogP contribution in [0.3, 0.4) is 0 Å². The first-order chi connectivity index (χ1) is 5.22. The van der Waals surface area contributed by atoms with Crippen LogP contribution in [0.5, 0.6) is 0 Å². The van der Waals surface area contributed by atoms with E-state index in [0.29, 0.717) is 5.92 Å². The Hall–Kier alpha value is -0.530. The van der Waals surface area contributed by atoms with Gasteiger partial charge in [0, 0.05) is 0 Å². The Morgan fingerprint density at radius 1 is 1.45 bits per heavy atom. The third-order valence-electron chi connectivity index (χ3n) is 1.66. The Balaban J connectivity index is 3.80. The van der Waals surface area contributed by atoms with Gasteiger partial charge in [-0.15, -0.1) is 0 Å². The third kappa shape index (κ3) is 4.82. The minimum Gasteiger partial charge on any atom is -0.399 e. The van der Waals surface area contributed by atoms with Crippen molar-refractivity contribution in [1.82, 2.24) is 0 Å². The molecule has 0 radical (unpaired) electrons. The number of oxime groups is 1. The van der Waals surface area contributed by atoms with Gasteiger partial charge in [0.15, 0.2) is 0 Å². The summed E-state index contributed by atoms with van der Waals surface area (Å²) in [6.07, 6.45) is 3.50. The molecule has 0 rings (SSSR count). The maximum absolute atomic E-state index is 4.75. The minimum absolute atomic E-state index is 0.515. The summed E-state index contributed by atoms with van der Waals surface area (Å²) in [5.41, 5.74) is 1.18. The first-order valence-electron chi connectivity index (χ1n) is 4.32. The molecule has 0 aliphatic carbocycles. The van der Waals surface area contributed by atoms with Crippen LogP contribution in [0.4, 0.5) is 0 Å². The molecule has 0 aromatic carbocycles. The van der Waals surface area contributed by atoms with Gasteiger partial charge in [0.1, 0.15) is 7.11 Å². The van der Waals surface area contributed by atoms with Crippen LogP contribution in [0.2, 0.25) is 0 Å². The molecule has 0 unspecified atom stereocenters. The molecule has 0 saturated heterocycles. The molecule has 0 bridgehead atoms. The maximum Gasteiger partial charge on any atom is 0.106 e. The van der Waals surface area contributed by atoms with E-state index < -0.39 is 0 Å². The Morgan fingerprint density at radius 2 is 2.09 bits per heavy atom. The van der Waals surface area contributed by atoms with Gasteiger partial charge in [-0.2, -0.15) is 0 Å². The highest BCUT2D eigenvalue weighted by Crippen LogP contribution is 2.06. The molecule has 66 valence electrons. The van der Waals surface area contributed by atoms with Crippen molar-refractivity contribution in [2.75, 3.05) is 7.11 Å². The molecule has 0 amide bonds.